The van der Waals surface area contributed by atoms with Crippen LogP contribution in [0, 0.1) is 15.9 Å². The summed E-state index contributed by atoms with van der Waals surface area (Å²) in [6.07, 6.45) is 1.40. The molecule has 2 aromatic heterocycles. The Bertz CT molecular complexity index is 849. The lowest BCUT2D eigenvalue weighted by atomic mass is 10.3. The van der Waals surface area contributed by atoms with Crippen LogP contribution in [0.2, 0.25) is 0 Å². The van der Waals surface area contributed by atoms with Gasteiger partial charge in [0.25, 0.3) is 5.69 Å². The van der Waals surface area contributed by atoms with Gasteiger partial charge in [-0.05, 0) is 6.07 Å². The molecule has 0 spiro atoms. The number of nitrogens with two attached hydrogens (primary N) is 1. The van der Waals surface area contributed by atoms with Gasteiger partial charge in [-0.25, -0.2) is 4.39 Å². The van der Waals surface area contributed by atoms with E-state index in [2.05, 4.69) is 20.2 Å². The van der Waals surface area contributed by atoms with Crippen LogP contribution in [-0.4, -0.2) is 25.1 Å². The van der Waals surface area contributed by atoms with Gasteiger partial charge in [-0.2, -0.15) is 15.1 Å². The molecule has 3 rings (SSSR count). The van der Waals surface area contributed by atoms with Crippen molar-refractivity contribution in [2.24, 2.45) is 0 Å². The number of H-pyrrole nitrogens is 1. The van der Waals surface area contributed by atoms with Gasteiger partial charge in [0.05, 0.1) is 17.2 Å². The Morgan fingerprint density at radius 2 is 2.19 bits per heavy atom. The van der Waals surface area contributed by atoms with Crippen molar-refractivity contribution in [2.75, 3.05) is 5.73 Å². The van der Waals surface area contributed by atoms with Gasteiger partial charge in [0, 0.05) is 6.07 Å². The summed E-state index contributed by atoms with van der Waals surface area (Å²) in [6, 6.07) is 3.01. The Morgan fingerprint density at radius 1 is 1.38 bits per heavy atom. The van der Waals surface area contributed by atoms with E-state index in [0.717, 1.165) is 18.2 Å². The summed E-state index contributed by atoms with van der Waals surface area (Å²) in [5.74, 6) is -1.19. The highest BCUT2D eigenvalue weighted by atomic mass is 19.1. The predicted octanol–water partition coefficient (Wildman–Crippen LogP) is 1.77. The largest absolute Gasteiger partial charge is 0.435 e. The third-order valence-corrected chi connectivity index (χ3v) is 2.62. The number of fused-ring (bicyclic) bond motifs is 1. The number of nitro benzene ring substituents is 1. The number of ether oxygens (including phenoxy) is 1. The molecule has 0 aliphatic rings. The summed E-state index contributed by atoms with van der Waals surface area (Å²) in [5.41, 5.74) is 5.46. The number of anilines is 1. The molecule has 10 heteroatoms. The fourth-order valence-electron chi connectivity index (χ4n) is 1.69. The van der Waals surface area contributed by atoms with Gasteiger partial charge in [0.15, 0.2) is 17.2 Å². The number of nitrogens with one attached hydrogen (secondary N) is 1. The highest BCUT2D eigenvalue weighted by Crippen LogP contribution is 2.30. The summed E-state index contributed by atoms with van der Waals surface area (Å²) in [7, 11) is 0. The average Bonchev–Trinajstić information content (AvgIpc) is 2.88. The average molecular weight is 290 g/mol. The minimum atomic E-state index is -0.891. The van der Waals surface area contributed by atoms with Crippen molar-refractivity contribution < 1.29 is 14.1 Å². The number of benzene rings is 1. The summed E-state index contributed by atoms with van der Waals surface area (Å²) >= 11 is 0. The third kappa shape index (κ3) is 2.29. The molecule has 0 saturated carbocycles. The van der Waals surface area contributed by atoms with Crippen molar-refractivity contribution in [3.63, 3.8) is 0 Å². The van der Waals surface area contributed by atoms with Crippen LogP contribution in [0.15, 0.2) is 24.4 Å². The van der Waals surface area contributed by atoms with E-state index in [-0.39, 0.29) is 23.3 Å². The molecular weight excluding hydrogens is 283 g/mol. The summed E-state index contributed by atoms with van der Waals surface area (Å²) in [5, 5.41) is 17.3. The number of hydrogen-bond acceptors (Lipinski definition) is 7. The molecular formula is C11H7FN6O3. The molecule has 1 aromatic carbocycles. The molecule has 0 fully saturated rings. The molecule has 0 amide bonds. The lowest BCUT2D eigenvalue weighted by Crippen LogP contribution is -1.99. The Balaban J connectivity index is 2.02. The van der Waals surface area contributed by atoms with Gasteiger partial charge in [0.1, 0.15) is 5.39 Å². The highest BCUT2D eigenvalue weighted by molar-refractivity contribution is 5.80. The summed E-state index contributed by atoms with van der Waals surface area (Å²) < 4.78 is 19.1. The maximum absolute atomic E-state index is 13.8. The number of nitrogen functional groups attached to an aromatic ring is 1. The number of nitrogens with zero attached hydrogens (tertiary/aromatic N) is 4. The van der Waals surface area contributed by atoms with Crippen LogP contribution in [0.25, 0.3) is 11.0 Å². The van der Waals surface area contributed by atoms with Crippen molar-refractivity contribution in [3.05, 3.63) is 40.3 Å². The molecule has 0 aliphatic heterocycles. The lowest BCUT2D eigenvalue weighted by Gasteiger charge is -2.06. The quantitative estimate of drug-likeness (QED) is 0.554. The molecule has 21 heavy (non-hydrogen) atoms. The molecule has 0 unspecified atom stereocenters. The van der Waals surface area contributed by atoms with E-state index < -0.39 is 10.7 Å². The predicted molar refractivity (Wildman–Crippen MR) is 69.2 cm³/mol. The number of halogens is 1. The van der Waals surface area contributed by atoms with Crippen molar-refractivity contribution >= 4 is 22.7 Å². The normalized spacial score (nSPS) is 10.7. The van der Waals surface area contributed by atoms with Crippen molar-refractivity contribution in [3.8, 4) is 11.6 Å². The molecule has 2 heterocycles. The minimum absolute atomic E-state index is 0.000923. The van der Waals surface area contributed by atoms with Crippen molar-refractivity contribution in [1.29, 1.82) is 0 Å². The van der Waals surface area contributed by atoms with Gasteiger partial charge in [-0.15, -0.1) is 0 Å². The first kappa shape index (κ1) is 12.7. The highest BCUT2D eigenvalue weighted by Gasteiger charge is 2.15. The van der Waals surface area contributed by atoms with Gasteiger partial charge in [0.2, 0.25) is 11.8 Å². The zero-order valence-corrected chi connectivity index (χ0v) is 10.3. The first-order valence-corrected chi connectivity index (χ1v) is 5.63. The van der Waals surface area contributed by atoms with Crippen molar-refractivity contribution in [1.82, 2.24) is 20.2 Å². The van der Waals surface area contributed by atoms with E-state index in [9.17, 15) is 14.5 Å². The molecule has 106 valence electrons. The second kappa shape index (κ2) is 4.67. The van der Waals surface area contributed by atoms with E-state index in [1.54, 1.807) is 0 Å². The maximum Gasteiger partial charge on any atom is 0.272 e. The summed E-state index contributed by atoms with van der Waals surface area (Å²) in [4.78, 5) is 17.6. The third-order valence-electron chi connectivity index (χ3n) is 2.62. The number of nitro groups is 1. The smallest absolute Gasteiger partial charge is 0.272 e. The fourth-order valence-corrected chi connectivity index (χ4v) is 1.69. The fraction of sp³-hybridized carbons (Fsp3) is 0. The Morgan fingerprint density at radius 3 is 2.90 bits per heavy atom. The molecule has 0 aliphatic carbocycles. The van der Waals surface area contributed by atoms with Crippen LogP contribution < -0.4 is 10.5 Å². The molecule has 0 saturated heterocycles. The molecule has 9 nitrogen and oxygen atoms in total. The van der Waals surface area contributed by atoms with E-state index in [4.69, 9.17) is 10.5 Å². The standard InChI is InChI=1S/C11H7FN6O3/c12-7-3-5(18(19)20)1-2-8(7)21-10-6-4-14-17-9(6)15-11(13)16-10/h1-4H,(H3,13,14,15,16,17). The number of non-ortho nitro benzene ring substituents is 1. The number of hydrogen-bond donors (Lipinski definition) is 2. The van der Waals surface area contributed by atoms with Gasteiger partial charge in [-0.1, -0.05) is 0 Å². The zero-order chi connectivity index (χ0) is 15.0. The summed E-state index contributed by atoms with van der Waals surface area (Å²) in [6.45, 7) is 0. The Labute approximate surface area is 115 Å². The lowest BCUT2D eigenvalue weighted by molar-refractivity contribution is -0.385. The Kier molecular flexibility index (Phi) is 2.83. The van der Waals surface area contributed by atoms with Crippen molar-refractivity contribution in [2.45, 2.75) is 0 Å². The van der Waals surface area contributed by atoms with Crippen LogP contribution in [0.4, 0.5) is 16.0 Å². The minimum Gasteiger partial charge on any atom is -0.435 e. The van der Waals surface area contributed by atoms with Crippen LogP contribution in [-0.2, 0) is 0 Å². The van der Waals surface area contributed by atoms with Crippen LogP contribution in [0.3, 0.4) is 0 Å². The van der Waals surface area contributed by atoms with E-state index in [1.807, 2.05) is 0 Å². The van der Waals surface area contributed by atoms with E-state index in [0.29, 0.717) is 11.0 Å². The zero-order valence-electron chi connectivity index (χ0n) is 10.3. The van der Waals surface area contributed by atoms with E-state index >= 15 is 0 Å². The second-order valence-corrected chi connectivity index (χ2v) is 3.99. The van der Waals surface area contributed by atoms with Gasteiger partial charge < -0.3 is 10.5 Å². The second-order valence-electron chi connectivity index (χ2n) is 3.99. The molecule has 3 N–H and O–H groups in total. The van der Waals surface area contributed by atoms with E-state index in [1.165, 1.54) is 6.20 Å². The molecule has 0 bridgehead atoms. The SMILES string of the molecule is Nc1nc(Oc2ccc([N+](=O)[O-])cc2F)c2cn[nH]c2n1. The number of rotatable bonds is 3. The first-order chi connectivity index (χ1) is 10.0. The van der Waals surface area contributed by atoms with Gasteiger partial charge in [-0.3, -0.25) is 15.2 Å². The topological polar surface area (TPSA) is 133 Å². The van der Waals surface area contributed by atoms with Crippen LogP contribution >= 0.6 is 0 Å². The van der Waals surface area contributed by atoms with Crippen LogP contribution in [0.5, 0.6) is 11.6 Å². The number of aromatic amines is 1. The van der Waals surface area contributed by atoms with Crippen LogP contribution in [0.1, 0.15) is 0 Å². The van der Waals surface area contributed by atoms with Gasteiger partial charge >= 0.3 is 0 Å². The Hall–Kier alpha value is -3.30. The maximum atomic E-state index is 13.8. The molecule has 0 radical (unpaired) electrons. The number of aromatic nitrogens is 4. The monoisotopic (exact) mass is 290 g/mol. The molecule has 0 atom stereocenters. The molecule has 3 aromatic rings. The first-order valence-electron chi connectivity index (χ1n) is 5.63.